The highest BCUT2D eigenvalue weighted by atomic mass is 35.5. The zero-order valence-electron chi connectivity index (χ0n) is 22.8. The maximum absolute atomic E-state index is 13.7. The molecule has 208 valence electrons. The van der Waals surface area contributed by atoms with Crippen LogP contribution in [0.1, 0.15) is 50.8 Å². The second-order valence-corrected chi connectivity index (χ2v) is 12.2. The van der Waals surface area contributed by atoms with Crippen molar-refractivity contribution < 1.29 is 14.3 Å². The van der Waals surface area contributed by atoms with Crippen molar-refractivity contribution in [3.8, 4) is 0 Å². The Balaban J connectivity index is 1.50. The van der Waals surface area contributed by atoms with E-state index in [1.165, 1.54) is 6.92 Å². The second-order valence-electron chi connectivity index (χ2n) is 11.4. The van der Waals surface area contributed by atoms with E-state index in [-0.39, 0.29) is 17.1 Å². The molecule has 2 aliphatic heterocycles. The van der Waals surface area contributed by atoms with Gasteiger partial charge in [0.15, 0.2) is 5.78 Å². The molecule has 3 aliphatic rings. The molecular formula is C30H36Cl2N4O3. The van der Waals surface area contributed by atoms with Gasteiger partial charge in [0.1, 0.15) is 0 Å². The number of hydrogen-bond donors (Lipinski definition) is 2. The number of allylic oxidation sites excluding steroid dienone is 1. The summed E-state index contributed by atoms with van der Waals surface area (Å²) in [6.07, 6.45) is 1.08. The summed E-state index contributed by atoms with van der Waals surface area (Å²) in [5.41, 5.74) is 4.53. The number of rotatable bonds is 6. The Morgan fingerprint density at radius 3 is 2.62 bits per heavy atom. The summed E-state index contributed by atoms with van der Waals surface area (Å²) >= 11 is 12.9. The molecule has 0 aromatic heterocycles. The number of carbonyl (C=O) groups is 2. The number of anilines is 2. The van der Waals surface area contributed by atoms with Gasteiger partial charge in [-0.15, -0.1) is 0 Å². The van der Waals surface area contributed by atoms with Crippen LogP contribution in [0.2, 0.25) is 10.0 Å². The molecule has 7 nitrogen and oxygen atoms in total. The van der Waals surface area contributed by atoms with Crippen molar-refractivity contribution in [2.75, 3.05) is 49.6 Å². The van der Waals surface area contributed by atoms with Crippen LogP contribution < -0.4 is 15.5 Å². The highest BCUT2D eigenvalue weighted by Crippen LogP contribution is 2.49. The first-order valence-electron chi connectivity index (χ1n) is 13.5. The maximum atomic E-state index is 13.7. The van der Waals surface area contributed by atoms with Gasteiger partial charge in [0.2, 0.25) is 5.91 Å². The van der Waals surface area contributed by atoms with Gasteiger partial charge < -0.3 is 15.4 Å². The number of ketones is 1. The molecule has 0 radical (unpaired) electrons. The first-order valence-corrected chi connectivity index (χ1v) is 14.3. The van der Waals surface area contributed by atoms with E-state index in [9.17, 15) is 9.59 Å². The van der Waals surface area contributed by atoms with Crippen LogP contribution in [0.4, 0.5) is 11.4 Å². The molecule has 0 spiro atoms. The van der Waals surface area contributed by atoms with Crippen LogP contribution in [0.5, 0.6) is 0 Å². The monoisotopic (exact) mass is 570 g/mol. The SMILES string of the molecule is CC(=O)N1c2ccc(CNCCN3CCOCC3)cc2NC2=C(C(=O)CC(C)(C)C2)C1c1ccc(Cl)cc1Cl. The van der Waals surface area contributed by atoms with Crippen LogP contribution in [0, 0.1) is 5.41 Å². The Bertz CT molecular complexity index is 1300. The van der Waals surface area contributed by atoms with E-state index in [0.717, 1.165) is 62.0 Å². The summed E-state index contributed by atoms with van der Waals surface area (Å²) in [7, 11) is 0. The summed E-state index contributed by atoms with van der Waals surface area (Å²) in [6, 6.07) is 10.7. The Morgan fingerprint density at radius 1 is 1.13 bits per heavy atom. The van der Waals surface area contributed by atoms with E-state index in [1.54, 1.807) is 17.0 Å². The third kappa shape index (κ3) is 6.18. The van der Waals surface area contributed by atoms with Crippen LogP contribution in [-0.2, 0) is 20.9 Å². The molecule has 1 unspecified atom stereocenters. The van der Waals surface area contributed by atoms with Gasteiger partial charge in [-0.25, -0.2) is 0 Å². The van der Waals surface area contributed by atoms with E-state index < -0.39 is 6.04 Å². The van der Waals surface area contributed by atoms with Crippen LogP contribution in [-0.4, -0.2) is 56.0 Å². The minimum Gasteiger partial charge on any atom is -0.379 e. The summed E-state index contributed by atoms with van der Waals surface area (Å²) in [5.74, 6) is -0.148. The van der Waals surface area contributed by atoms with Crippen molar-refractivity contribution in [3.05, 3.63) is 68.8 Å². The summed E-state index contributed by atoms with van der Waals surface area (Å²) in [5, 5.41) is 8.06. The van der Waals surface area contributed by atoms with Gasteiger partial charge in [0.25, 0.3) is 0 Å². The molecule has 2 aromatic carbocycles. The fraction of sp³-hybridized carbons (Fsp3) is 0.467. The molecule has 1 saturated heterocycles. The number of nitrogens with one attached hydrogen (secondary N) is 2. The van der Waals surface area contributed by atoms with Crippen LogP contribution >= 0.6 is 23.2 Å². The van der Waals surface area contributed by atoms with Crippen LogP contribution in [0.25, 0.3) is 0 Å². The highest BCUT2D eigenvalue weighted by molar-refractivity contribution is 6.35. The Hall–Kier alpha value is -2.42. The maximum Gasteiger partial charge on any atom is 0.224 e. The molecule has 5 rings (SSSR count). The fourth-order valence-corrected chi connectivity index (χ4v) is 6.37. The number of nitrogens with zero attached hydrogens (tertiary/aromatic N) is 2. The molecule has 2 N–H and O–H groups in total. The standard InChI is InChI=1S/C30H36Cl2N4O3/c1-19(37)36-26-7-4-20(18-33-8-9-35-10-12-39-13-11-35)14-24(26)34-25-16-30(2,3)17-27(38)28(25)29(36)22-6-5-21(31)15-23(22)32/h4-7,14-15,29,33-34H,8-13,16-18H2,1-3H3. The average molecular weight is 572 g/mol. The molecule has 2 aromatic rings. The number of hydrogen-bond acceptors (Lipinski definition) is 6. The number of fused-ring (bicyclic) bond motifs is 1. The van der Waals surface area contributed by atoms with Crippen molar-refractivity contribution in [2.45, 2.75) is 46.2 Å². The molecular weight excluding hydrogens is 535 g/mol. The average Bonchev–Trinajstić information content (AvgIpc) is 3.00. The first-order chi connectivity index (χ1) is 18.6. The molecule has 39 heavy (non-hydrogen) atoms. The van der Waals surface area contributed by atoms with Gasteiger partial charge in [-0.2, -0.15) is 0 Å². The summed E-state index contributed by atoms with van der Waals surface area (Å²) < 4.78 is 5.43. The molecule has 9 heteroatoms. The molecule has 1 aliphatic carbocycles. The van der Waals surface area contributed by atoms with Crippen LogP contribution in [0.3, 0.4) is 0 Å². The zero-order chi connectivity index (χ0) is 27.7. The molecule has 2 heterocycles. The minimum atomic E-state index is -0.655. The van der Waals surface area contributed by atoms with Crippen molar-refractivity contribution >= 4 is 46.3 Å². The van der Waals surface area contributed by atoms with E-state index in [4.69, 9.17) is 27.9 Å². The lowest BCUT2D eigenvalue weighted by atomic mass is 9.73. The third-order valence-electron chi connectivity index (χ3n) is 7.69. The van der Waals surface area contributed by atoms with E-state index in [2.05, 4.69) is 35.4 Å². The number of carbonyl (C=O) groups excluding carboxylic acids is 2. The van der Waals surface area contributed by atoms with Gasteiger partial charge in [-0.05, 0) is 47.2 Å². The minimum absolute atomic E-state index is 0.0221. The first kappa shape index (κ1) is 28.1. The van der Waals surface area contributed by atoms with Gasteiger partial charge in [-0.3, -0.25) is 19.4 Å². The zero-order valence-corrected chi connectivity index (χ0v) is 24.3. The number of ether oxygens (including phenoxy) is 1. The molecule has 1 atom stereocenters. The second kappa shape index (κ2) is 11.6. The smallest absolute Gasteiger partial charge is 0.224 e. The van der Waals surface area contributed by atoms with Crippen molar-refractivity contribution in [1.82, 2.24) is 10.2 Å². The predicted octanol–water partition coefficient (Wildman–Crippen LogP) is 5.58. The largest absolute Gasteiger partial charge is 0.379 e. The number of Topliss-reactive ketones (excluding diaryl/α,β-unsaturated/α-hetero) is 1. The Kier molecular flexibility index (Phi) is 8.36. The molecule has 0 saturated carbocycles. The van der Waals surface area contributed by atoms with Crippen LogP contribution in [0.15, 0.2) is 47.7 Å². The van der Waals surface area contributed by atoms with Gasteiger partial charge >= 0.3 is 0 Å². The van der Waals surface area contributed by atoms with E-state index in [0.29, 0.717) is 40.6 Å². The van der Waals surface area contributed by atoms with Crippen molar-refractivity contribution in [3.63, 3.8) is 0 Å². The van der Waals surface area contributed by atoms with Gasteiger partial charge in [-0.1, -0.05) is 49.2 Å². The third-order valence-corrected chi connectivity index (χ3v) is 8.25. The van der Waals surface area contributed by atoms with Crippen molar-refractivity contribution in [1.29, 1.82) is 0 Å². The number of benzene rings is 2. The van der Waals surface area contributed by atoms with E-state index in [1.807, 2.05) is 18.2 Å². The highest BCUT2D eigenvalue weighted by Gasteiger charge is 2.43. The lowest BCUT2D eigenvalue weighted by Gasteiger charge is -2.37. The normalized spacial score (nSPS) is 21.2. The Labute approximate surface area is 240 Å². The van der Waals surface area contributed by atoms with Crippen molar-refractivity contribution in [2.24, 2.45) is 5.41 Å². The summed E-state index contributed by atoms with van der Waals surface area (Å²) in [6.45, 7) is 11.8. The molecule has 1 amide bonds. The number of morpholine rings is 1. The number of amides is 1. The lowest BCUT2D eigenvalue weighted by Crippen LogP contribution is -2.40. The Morgan fingerprint density at radius 2 is 1.90 bits per heavy atom. The van der Waals surface area contributed by atoms with E-state index >= 15 is 0 Å². The van der Waals surface area contributed by atoms with Gasteiger partial charge in [0, 0.05) is 67.4 Å². The molecule has 1 fully saturated rings. The molecule has 0 bridgehead atoms. The predicted molar refractivity (Wildman–Crippen MR) is 156 cm³/mol. The fourth-order valence-electron chi connectivity index (χ4n) is 5.86. The summed E-state index contributed by atoms with van der Waals surface area (Å²) in [4.78, 5) is 31.1. The quantitative estimate of drug-likeness (QED) is 0.442. The lowest BCUT2D eigenvalue weighted by molar-refractivity contribution is -0.118. The topological polar surface area (TPSA) is 73.9 Å². The number of halogens is 2. The van der Waals surface area contributed by atoms with Gasteiger partial charge in [0.05, 0.1) is 30.6 Å².